The molecule has 0 radical (unpaired) electrons. The van der Waals surface area contributed by atoms with Gasteiger partial charge in [-0.25, -0.2) is 4.39 Å². The van der Waals surface area contributed by atoms with Gasteiger partial charge in [-0.2, -0.15) is 0 Å². The van der Waals surface area contributed by atoms with Gasteiger partial charge in [-0.05, 0) is 34.8 Å². The molecule has 1 aliphatic heterocycles. The lowest BCUT2D eigenvalue weighted by molar-refractivity contribution is -0.389. The number of halogens is 1. The Balaban J connectivity index is 1.47. The molecule has 0 bridgehead atoms. The molecule has 11 heteroatoms. The summed E-state index contributed by atoms with van der Waals surface area (Å²) in [4.78, 5) is 34.2. The molecule has 0 atom stereocenters. The maximum Gasteiger partial charge on any atom is 0.414 e. The Morgan fingerprint density at radius 2 is 2.06 bits per heavy atom. The molecule has 0 N–H and O–H groups in total. The van der Waals surface area contributed by atoms with Gasteiger partial charge in [-0.3, -0.25) is 19.2 Å². The first-order valence-corrected chi connectivity index (χ1v) is 10.3. The zero-order chi connectivity index (χ0) is 23.5. The third-order valence-electron chi connectivity index (χ3n) is 5.34. The van der Waals surface area contributed by atoms with E-state index in [-0.39, 0.29) is 17.4 Å². The number of imidazole rings is 1. The Kier molecular flexibility index (Phi) is 6.31. The number of amides is 1. The second-order valence-corrected chi connectivity index (χ2v) is 7.90. The maximum atomic E-state index is 14.5. The standard InChI is InChI=1S/C22H23FN6O4/c1-26(2)21(30)17-4-3-16(12-18(17)23)19-11-15(5-6-24-19)13-27-7-8-28-14-20(29(31)32)25-22(28)33-10-9-27/h3-6,11-12,14H,7-10,13H2,1-2H3. The summed E-state index contributed by atoms with van der Waals surface area (Å²) in [6.07, 6.45) is 3.04. The van der Waals surface area contributed by atoms with Crippen LogP contribution in [0.5, 0.6) is 6.01 Å². The average molecular weight is 454 g/mol. The van der Waals surface area contributed by atoms with E-state index in [1.54, 1.807) is 30.9 Å². The average Bonchev–Trinajstić information content (AvgIpc) is 3.18. The number of hydrogen-bond acceptors (Lipinski definition) is 7. The van der Waals surface area contributed by atoms with Crippen LogP contribution in [0.4, 0.5) is 10.2 Å². The van der Waals surface area contributed by atoms with Crippen LogP contribution in [0.3, 0.4) is 0 Å². The van der Waals surface area contributed by atoms with E-state index in [9.17, 15) is 19.3 Å². The largest absolute Gasteiger partial charge is 0.444 e. The molecule has 3 heterocycles. The molecule has 0 aliphatic carbocycles. The Bertz CT molecular complexity index is 1200. The van der Waals surface area contributed by atoms with Crippen molar-refractivity contribution < 1.29 is 18.8 Å². The van der Waals surface area contributed by atoms with Crippen molar-refractivity contribution in [2.24, 2.45) is 0 Å². The number of pyridine rings is 1. The summed E-state index contributed by atoms with van der Waals surface area (Å²) in [7, 11) is 3.15. The van der Waals surface area contributed by atoms with Gasteiger partial charge < -0.3 is 19.8 Å². The van der Waals surface area contributed by atoms with E-state index in [1.165, 1.54) is 23.2 Å². The van der Waals surface area contributed by atoms with Crippen molar-refractivity contribution in [2.45, 2.75) is 13.1 Å². The molecule has 33 heavy (non-hydrogen) atoms. The third-order valence-corrected chi connectivity index (χ3v) is 5.34. The van der Waals surface area contributed by atoms with Crippen molar-refractivity contribution in [2.75, 3.05) is 33.8 Å². The number of hydrogen-bond donors (Lipinski definition) is 0. The van der Waals surface area contributed by atoms with Gasteiger partial charge in [0.25, 0.3) is 5.91 Å². The van der Waals surface area contributed by atoms with E-state index in [1.807, 2.05) is 12.1 Å². The molecular formula is C22H23FN6O4. The zero-order valence-corrected chi connectivity index (χ0v) is 18.3. The van der Waals surface area contributed by atoms with Crippen molar-refractivity contribution in [3.05, 3.63) is 69.8 Å². The second kappa shape index (κ2) is 9.33. The number of benzene rings is 1. The second-order valence-electron chi connectivity index (χ2n) is 7.90. The van der Waals surface area contributed by atoms with Crippen molar-refractivity contribution in [1.82, 2.24) is 24.3 Å². The zero-order valence-electron chi connectivity index (χ0n) is 18.3. The predicted octanol–water partition coefficient (Wildman–Crippen LogP) is 2.59. The Labute approximate surface area is 189 Å². The van der Waals surface area contributed by atoms with E-state index in [0.717, 1.165) is 5.56 Å². The van der Waals surface area contributed by atoms with Crippen molar-refractivity contribution >= 4 is 11.7 Å². The Morgan fingerprint density at radius 3 is 2.79 bits per heavy atom. The molecule has 2 aromatic heterocycles. The summed E-state index contributed by atoms with van der Waals surface area (Å²) < 4.78 is 21.8. The lowest BCUT2D eigenvalue weighted by Gasteiger charge is -2.24. The molecule has 1 aromatic carbocycles. The van der Waals surface area contributed by atoms with E-state index in [0.29, 0.717) is 44.0 Å². The number of ether oxygens (including phenoxy) is 1. The van der Waals surface area contributed by atoms with Gasteiger partial charge in [0.15, 0.2) is 0 Å². The third kappa shape index (κ3) is 4.98. The first kappa shape index (κ1) is 22.3. The van der Waals surface area contributed by atoms with Crippen LogP contribution in [-0.2, 0) is 13.1 Å². The van der Waals surface area contributed by atoms with Crippen LogP contribution >= 0.6 is 0 Å². The van der Waals surface area contributed by atoms with Crippen molar-refractivity contribution in [3.63, 3.8) is 0 Å². The highest BCUT2D eigenvalue weighted by Crippen LogP contribution is 2.23. The van der Waals surface area contributed by atoms with E-state index in [4.69, 9.17) is 4.74 Å². The fourth-order valence-electron chi connectivity index (χ4n) is 3.61. The molecule has 1 aliphatic rings. The molecule has 0 saturated carbocycles. The lowest BCUT2D eigenvalue weighted by atomic mass is 10.1. The molecule has 1 amide bonds. The summed E-state index contributed by atoms with van der Waals surface area (Å²) in [5.74, 6) is -1.22. The number of nitro groups is 1. The van der Waals surface area contributed by atoms with Crippen molar-refractivity contribution in [3.8, 4) is 17.3 Å². The number of aromatic nitrogens is 3. The molecule has 0 unspecified atom stereocenters. The molecule has 3 aromatic rings. The molecule has 0 spiro atoms. The van der Waals surface area contributed by atoms with Crippen LogP contribution in [0, 0.1) is 15.9 Å². The fourth-order valence-corrected chi connectivity index (χ4v) is 3.61. The smallest absolute Gasteiger partial charge is 0.414 e. The number of carbonyl (C=O) groups excluding carboxylic acids is 1. The number of fused-ring (bicyclic) bond motifs is 1. The fraction of sp³-hybridized carbons (Fsp3) is 0.318. The molecule has 0 fully saturated rings. The Morgan fingerprint density at radius 1 is 1.24 bits per heavy atom. The molecule has 4 rings (SSSR count). The first-order chi connectivity index (χ1) is 15.8. The van der Waals surface area contributed by atoms with Gasteiger partial charge in [0.1, 0.15) is 18.6 Å². The quantitative estimate of drug-likeness (QED) is 0.431. The normalized spacial score (nSPS) is 14.0. The van der Waals surface area contributed by atoms with Gasteiger partial charge in [0, 0.05) is 57.0 Å². The van der Waals surface area contributed by atoms with E-state index >= 15 is 0 Å². The minimum Gasteiger partial charge on any atom is -0.444 e. The summed E-state index contributed by atoms with van der Waals surface area (Å²) >= 11 is 0. The summed E-state index contributed by atoms with van der Waals surface area (Å²) in [6.45, 7) is 2.72. The lowest BCUT2D eigenvalue weighted by Crippen LogP contribution is -2.33. The number of nitrogens with zero attached hydrogens (tertiary/aromatic N) is 6. The van der Waals surface area contributed by atoms with Gasteiger partial charge in [0.05, 0.1) is 11.3 Å². The van der Waals surface area contributed by atoms with E-state index in [2.05, 4.69) is 14.9 Å². The summed E-state index contributed by atoms with van der Waals surface area (Å²) in [6, 6.07) is 8.50. The topological polar surface area (TPSA) is 107 Å². The Hall–Kier alpha value is -3.86. The highest BCUT2D eigenvalue weighted by atomic mass is 19.1. The molecule has 0 saturated heterocycles. The van der Waals surface area contributed by atoms with Crippen LogP contribution in [0.25, 0.3) is 11.3 Å². The van der Waals surface area contributed by atoms with Crippen LogP contribution in [0.1, 0.15) is 15.9 Å². The number of carbonyl (C=O) groups is 1. The highest BCUT2D eigenvalue weighted by Gasteiger charge is 2.23. The minimum atomic E-state index is -0.593. The summed E-state index contributed by atoms with van der Waals surface area (Å²) in [5, 5.41) is 11.0. The monoisotopic (exact) mass is 454 g/mol. The molecule has 10 nitrogen and oxygen atoms in total. The first-order valence-electron chi connectivity index (χ1n) is 10.3. The van der Waals surface area contributed by atoms with Crippen LogP contribution < -0.4 is 4.74 Å². The molecular weight excluding hydrogens is 431 g/mol. The van der Waals surface area contributed by atoms with Gasteiger partial charge in [-0.1, -0.05) is 6.07 Å². The molecule has 172 valence electrons. The van der Waals surface area contributed by atoms with Gasteiger partial charge >= 0.3 is 11.8 Å². The van der Waals surface area contributed by atoms with Gasteiger partial charge in [-0.15, -0.1) is 0 Å². The SMILES string of the molecule is CN(C)C(=O)c1ccc(-c2cc(CN3CCOc4nc([N+](=O)[O-])cn4CC3)ccn2)cc1F. The van der Waals surface area contributed by atoms with Crippen molar-refractivity contribution in [1.29, 1.82) is 0 Å². The van der Waals surface area contributed by atoms with Gasteiger partial charge in [0.2, 0.25) is 0 Å². The summed E-state index contributed by atoms with van der Waals surface area (Å²) in [5.41, 5.74) is 2.17. The minimum absolute atomic E-state index is 0.0136. The van der Waals surface area contributed by atoms with Crippen LogP contribution in [0.15, 0.2) is 42.7 Å². The highest BCUT2D eigenvalue weighted by molar-refractivity contribution is 5.94. The predicted molar refractivity (Wildman–Crippen MR) is 117 cm³/mol. The number of rotatable bonds is 5. The maximum absolute atomic E-state index is 14.5. The van der Waals surface area contributed by atoms with E-state index < -0.39 is 16.6 Å². The van der Waals surface area contributed by atoms with Crippen LogP contribution in [0.2, 0.25) is 0 Å². The van der Waals surface area contributed by atoms with Crippen LogP contribution in [-0.4, -0.2) is 69.0 Å².